The topological polar surface area (TPSA) is 66.8 Å². The number of alkyl halides is 7. The minimum atomic E-state index is -4.98. The number of rotatable bonds is 10. The highest BCUT2D eigenvalue weighted by Gasteiger charge is 2.42. The number of carboxylic acid groups (broad SMARTS) is 1. The Bertz CT molecular complexity index is 735. The highest BCUT2D eigenvalue weighted by molar-refractivity contribution is 6.21. The van der Waals surface area contributed by atoms with E-state index in [1.54, 1.807) is 0 Å². The van der Waals surface area contributed by atoms with Gasteiger partial charge in [-0.15, -0.1) is 11.6 Å². The smallest absolute Gasteiger partial charge is 0.416 e. The van der Waals surface area contributed by atoms with Gasteiger partial charge in [0.25, 0.3) is 0 Å². The molecule has 1 aliphatic carbocycles. The zero-order chi connectivity index (χ0) is 24.1. The monoisotopic (exact) mass is 490 g/mol. The summed E-state index contributed by atoms with van der Waals surface area (Å²) < 4.78 is 83.4. The van der Waals surface area contributed by atoms with Gasteiger partial charge in [0.05, 0.1) is 23.8 Å². The van der Waals surface area contributed by atoms with Gasteiger partial charge >= 0.3 is 18.3 Å². The zero-order valence-electron chi connectivity index (χ0n) is 17.1. The molecule has 4 nitrogen and oxygen atoms in total. The number of aliphatic hydroxyl groups is 1. The van der Waals surface area contributed by atoms with Gasteiger partial charge in [0.2, 0.25) is 0 Å². The summed E-state index contributed by atoms with van der Waals surface area (Å²) in [5, 5.41) is 18.5. The van der Waals surface area contributed by atoms with E-state index >= 15 is 0 Å². The van der Waals surface area contributed by atoms with Crippen LogP contribution in [0.25, 0.3) is 0 Å². The molecule has 1 saturated carbocycles. The van der Waals surface area contributed by atoms with Crippen LogP contribution in [0.5, 0.6) is 5.75 Å². The molecule has 1 aromatic rings. The number of hydrogen-bond acceptors (Lipinski definition) is 3. The third-order valence-electron chi connectivity index (χ3n) is 5.66. The molecule has 1 aliphatic rings. The standard InChI is InChI=1S/C21H25ClF6O4/c22-17-10-18(29)16(15(17)5-3-1-2-4-6-19(30)31)11-32-14-8-12(20(23,24)25)7-13(9-14)21(26,27)28/h7-9,15-18,29H,1-6,10-11H2,(H,30,31)/t15-,16-,17-,18-/m1/s1. The van der Waals surface area contributed by atoms with Crippen molar-refractivity contribution in [3.8, 4) is 5.75 Å². The van der Waals surface area contributed by atoms with E-state index in [0.717, 1.165) is 6.42 Å². The molecule has 1 fully saturated rings. The number of aliphatic hydroxyl groups excluding tert-OH is 1. The summed E-state index contributed by atoms with van der Waals surface area (Å²) in [7, 11) is 0. The molecule has 0 aliphatic heterocycles. The zero-order valence-corrected chi connectivity index (χ0v) is 17.8. The van der Waals surface area contributed by atoms with Crippen LogP contribution in [0, 0.1) is 11.8 Å². The van der Waals surface area contributed by atoms with Crippen LogP contribution in [0.3, 0.4) is 0 Å². The summed E-state index contributed by atoms with van der Waals surface area (Å²) in [6.07, 6.45) is -7.23. The molecule has 0 radical (unpaired) electrons. The molecule has 32 heavy (non-hydrogen) atoms. The Balaban J connectivity index is 2.03. The molecule has 11 heteroatoms. The van der Waals surface area contributed by atoms with Crippen molar-refractivity contribution < 1.29 is 46.1 Å². The van der Waals surface area contributed by atoms with Crippen molar-refractivity contribution in [1.82, 2.24) is 0 Å². The van der Waals surface area contributed by atoms with Crippen LogP contribution in [0.4, 0.5) is 26.3 Å². The van der Waals surface area contributed by atoms with Gasteiger partial charge in [0.1, 0.15) is 5.75 Å². The molecule has 0 aromatic heterocycles. The Morgan fingerprint density at radius 2 is 1.53 bits per heavy atom. The highest BCUT2D eigenvalue weighted by Crippen LogP contribution is 2.41. The number of benzene rings is 1. The van der Waals surface area contributed by atoms with Gasteiger partial charge in [-0.05, 0) is 43.4 Å². The molecule has 0 spiro atoms. The van der Waals surface area contributed by atoms with E-state index in [2.05, 4.69) is 0 Å². The van der Waals surface area contributed by atoms with Crippen molar-refractivity contribution in [1.29, 1.82) is 0 Å². The molecular weight excluding hydrogens is 466 g/mol. The lowest BCUT2D eigenvalue weighted by Crippen LogP contribution is -2.27. The average molecular weight is 491 g/mol. The normalized spacial score (nSPS) is 24.0. The fraction of sp³-hybridized carbons (Fsp3) is 0.667. The molecule has 0 amide bonds. The Hall–Kier alpha value is -1.68. The Kier molecular flexibility index (Phi) is 9.10. The second-order valence-electron chi connectivity index (χ2n) is 8.05. The van der Waals surface area contributed by atoms with Gasteiger partial charge < -0.3 is 14.9 Å². The molecule has 182 valence electrons. The molecule has 0 saturated heterocycles. The summed E-state index contributed by atoms with van der Waals surface area (Å²) >= 11 is 6.31. The number of carboxylic acids is 1. The Morgan fingerprint density at radius 1 is 0.969 bits per heavy atom. The van der Waals surface area contributed by atoms with E-state index in [4.69, 9.17) is 21.4 Å². The van der Waals surface area contributed by atoms with Gasteiger partial charge in [-0.1, -0.05) is 19.3 Å². The fourth-order valence-electron chi connectivity index (χ4n) is 3.98. The van der Waals surface area contributed by atoms with Crippen LogP contribution in [0.2, 0.25) is 0 Å². The first-order chi connectivity index (χ1) is 14.8. The molecule has 4 atom stereocenters. The van der Waals surface area contributed by atoms with Gasteiger partial charge in [-0.3, -0.25) is 4.79 Å². The Morgan fingerprint density at radius 3 is 2.06 bits per heavy atom. The summed E-state index contributed by atoms with van der Waals surface area (Å²) in [4.78, 5) is 10.5. The summed E-state index contributed by atoms with van der Waals surface area (Å²) in [6.45, 7) is -0.271. The largest absolute Gasteiger partial charge is 0.493 e. The van der Waals surface area contributed by atoms with Crippen LogP contribution >= 0.6 is 11.6 Å². The van der Waals surface area contributed by atoms with Crippen LogP contribution < -0.4 is 4.74 Å². The van der Waals surface area contributed by atoms with Crippen LogP contribution in [-0.2, 0) is 17.1 Å². The maximum Gasteiger partial charge on any atom is 0.416 e. The molecule has 0 heterocycles. The number of unbranched alkanes of at least 4 members (excludes halogenated alkanes) is 3. The van der Waals surface area contributed by atoms with Crippen molar-refractivity contribution in [2.75, 3.05) is 6.61 Å². The van der Waals surface area contributed by atoms with Gasteiger partial charge in [-0.2, -0.15) is 26.3 Å². The van der Waals surface area contributed by atoms with Crippen LogP contribution in [-0.4, -0.2) is 34.3 Å². The number of carbonyl (C=O) groups is 1. The fourth-order valence-corrected chi connectivity index (χ4v) is 4.47. The Labute approximate surface area is 186 Å². The maximum atomic E-state index is 13.0. The first-order valence-electron chi connectivity index (χ1n) is 10.2. The lowest BCUT2D eigenvalue weighted by atomic mass is 9.90. The summed E-state index contributed by atoms with van der Waals surface area (Å²) in [6, 6.07) is 1.04. The van der Waals surface area contributed by atoms with E-state index in [1.165, 1.54) is 0 Å². The first kappa shape index (κ1) is 26.6. The summed E-state index contributed by atoms with van der Waals surface area (Å²) in [5.74, 6) is -2.21. The van der Waals surface area contributed by atoms with Crippen LogP contribution in [0.15, 0.2) is 18.2 Å². The van der Waals surface area contributed by atoms with Crippen molar-refractivity contribution in [3.63, 3.8) is 0 Å². The minimum absolute atomic E-state index is 0.0270. The van der Waals surface area contributed by atoms with Gasteiger partial charge in [0.15, 0.2) is 0 Å². The van der Waals surface area contributed by atoms with Crippen molar-refractivity contribution >= 4 is 17.6 Å². The quantitative estimate of drug-likeness (QED) is 0.235. The molecule has 0 unspecified atom stereocenters. The lowest BCUT2D eigenvalue weighted by molar-refractivity contribution is -0.143. The SMILES string of the molecule is O=C(O)CCCCCC[C@@H]1[C@@H](COc2cc(C(F)(F)F)cc(C(F)(F)F)c2)[C@H](O)C[C@H]1Cl. The number of aliphatic carboxylic acids is 1. The summed E-state index contributed by atoms with van der Waals surface area (Å²) in [5.41, 5.74) is -2.94. The van der Waals surface area contributed by atoms with Gasteiger partial charge in [-0.25, -0.2) is 0 Å². The second-order valence-corrected chi connectivity index (χ2v) is 8.61. The third kappa shape index (κ3) is 7.72. The minimum Gasteiger partial charge on any atom is -0.493 e. The van der Waals surface area contributed by atoms with E-state index in [1.807, 2.05) is 0 Å². The number of hydrogen-bond donors (Lipinski definition) is 2. The average Bonchev–Trinajstić information content (AvgIpc) is 2.93. The van der Waals surface area contributed by atoms with E-state index in [-0.39, 0.29) is 31.4 Å². The molecular formula is C21H25ClF6O4. The van der Waals surface area contributed by atoms with E-state index in [0.29, 0.717) is 37.8 Å². The number of halogens is 7. The van der Waals surface area contributed by atoms with E-state index in [9.17, 15) is 36.2 Å². The highest BCUT2D eigenvalue weighted by atomic mass is 35.5. The molecule has 2 N–H and O–H groups in total. The predicted molar refractivity (Wildman–Crippen MR) is 105 cm³/mol. The maximum absolute atomic E-state index is 13.0. The van der Waals surface area contributed by atoms with Crippen molar-refractivity contribution in [2.45, 2.75) is 68.8 Å². The van der Waals surface area contributed by atoms with Crippen LogP contribution in [0.1, 0.15) is 56.1 Å². The number of ether oxygens (including phenoxy) is 1. The predicted octanol–water partition coefficient (Wildman–Crippen LogP) is 6.13. The van der Waals surface area contributed by atoms with Crippen molar-refractivity contribution in [3.05, 3.63) is 29.3 Å². The third-order valence-corrected chi connectivity index (χ3v) is 6.16. The first-order valence-corrected chi connectivity index (χ1v) is 10.7. The van der Waals surface area contributed by atoms with Crippen molar-refractivity contribution in [2.24, 2.45) is 11.8 Å². The molecule has 2 rings (SSSR count). The molecule has 0 bridgehead atoms. The van der Waals surface area contributed by atoms with Gasteiger partial charge in [0, 0.05) is 17.7 Å². The second kappa shape index (κ2) is 11.0. The molecule has 1 aromatic carbocycles. The van der Waals surface area contributed by atoms with E-state index < -0.39 is 52.6 Å². The lowest BCUT2D eigenvalue weighted by Gasteiger charge is -2.24.